The summed E-state index contributed by atoms with van der Waals surface area (Å²) in [5.74, 6) is -2.45. The highest BCUT2D eigenvalue weighted by Crippen LogP contribution is 2.01. The topological polar surface area (TPSA) is 86.7 Å². The van der Waals surface area contributed by atoms with Gasteiger partial charge in [0.15, 0.2) is 18.2 Å². The van der Waals surface area contributed by atoms with Crippen LogP contribution in [0.1, 0.15) is 16.8 Å². The molecule has 1 aromatic rings. The Bertz CT molecular complexity index is 559. The van der Waals surface area contributed by atoms with Gasteiger partial charge in [0.05, 0.1) is 19.1 Å². The van der Waals surface area contributed by atoms with Crippen molar-refractivity contribution in [2.45, 2.75) is 6.42 Å². The van der Waals surface area contributed by atoms with Gasteiger partial charge >= 0.3 is 11.9 Å². The Morgan fingerprint density at radius 3 is 2.33 bits per heavy atom. The molecule has 0 amide bonds. The third-order valence-corrected chi connectivity index (χ3v) is 2.35. The lowest BCUT2D eigenvalue weighted by Crippen LogP contribution is -2.16. The van der Waals surface area contributed by atoms with Gasteiger partial charge in [-0.25, -0.2) is 9.59 Å². The van der Waals surface area contributed by atoms with Gasteiger partial charge in [0.25, 0.3) is 0 Å². The van der Waals surface area contributed by atoms with E-state index in [1.165, 1.54) is 7.11 Å². The Hall–Kier alpha value is -2.76. The molecule has 0 heterocycles. The second-order valence-electron chi connectivity index (χ2n) is 3.98. The zero-order valence-corrected chi connectivity index (χ0v) is 11.4. The molecule has 0 aliphatic carbocycles. The van der Waals surface area contributed by atoms with Crippen LogP contribution in [-0.2, 0) is 23.9 Å². The van der Waals surface area contributed by atoms with Crippen LogP contribution in [0.3, 0.4) is 0 Å². The number of allylic oxidation sites excluding steroid dienone is 1. The Kier molecular flexibility index (Phi) is 6.53. The molecule has 6 nitrogen and oxygen atoms in total. The van der Waals surface area contributed by atoms with E-state index >= 15 is 0 Å². The number of hydrogen-bond donors (Lipinski definition) is 0. The molecule has 0 saturated heterocycles. The van der Waals surface area contributed by atoms with Gasteiger partial charge < -0.3 is 9.47 Å². The largest absolute Gasteiger partial charge is 0.466 e. The number of carbonyl (C=O) groups excluding carboxylic acids is 4. The van der Waals surface area contributed by atoms with E-state index in [1.807, 2.05) is 0 Å². The lowest BCUT2D eigenvalue weighted by Gasteiger charge is -2.03. The van der Waals surface area contributed by atoms with Gasteiger partial charge in [-0.05, 0) is 18.2 Å². The predicted molar refractivity (Wildman–Crippen MR) is 72.5 cm³/mol. The number of ketones is 2. The number of benzene rings is 1. The first-order valence-corrected chi connectivity index (χ1v) is 6.05. The van der Waals surface area contributed by atoms with E-state index in [4.69, 9.17) is 4.74 Å². The zero-order valence-electron chi connectivity index (χ0n) is 11.4. The van der Waals surface area contributed by atoms with Crippen molar-refractivity contribution in [1.82, 2.24) is 0 Å². The van der Waals surface area contributed by atoms with E-state index in [9.17, 15) is 19.2 Å². The number of carbonyl (C=O) groups is 4. The summed E-state index contributed by atoms with van der Waals surface area (Å²) in [6.07, 6.45) is 1.42. The first kappa shape index (κ1) is 16.3. The molecular formula is C15H14O6. The number of hydrogen-bond acceptors (Lipinski definition) is 6. The van der Waals surface area contributed by atoms with Crippen LogP contribution >= 0.6 is 0 Å². The maximum atomic E-state index is 11.6. The van der Waals surface area contributed by atoms with Gasteiger partial charge in [0.1, 0.15) is 0 Å². The van der Waals surface area contributed by atoms with E-state index in [2.05, 4.69) is 4.74 Å². The molecular weight excluding hydrogens is 276 g/mol. The molecule has 0 bridgehead atoms. The molecule has 0 aliphatic rings. The minimum absolute atomic E-state index is 0.321. The molecule has 0 spiro atoms. The third-order valence-electron chi connectivity index (χ3n) is 2.35. The highest BCUT2D eigenvalue weighted by molar-refractivity contribution is 6.07. The van der Waals surface area contributed by atoms with Crippen molar-refractivity contribution < 1.29 is 28.7 Å². The number of methoxy groups -OCH3 is 1. The summed E-state index contributed by atoms with van der Waals surface area (Å²) in [5, 5.41) is 0. The highest BCUT2D eigenvalue weighted by atomic mass is 16.5. The molecule has 110 valence electrons. The maximum absolute atomic E-state index is 11.6. The molecule has 0 unspecified atom stereocenters. The van der Waals surface area contributed by atoms with Crippen molar-refractivity contribution in [3.63, 3.8) is 0 Å². The normalized spacial score (nSPS) is 10.1. The monoisotopic (exact) mass is 290 g/mol. The first-order chi connectivity index (χ1) is 10.0. The lowest BCUT2D eigenvalue weighted by atomic mass is 10.2. The molecule has 0 aliphatic heterocycles. The molecule has 1 rings (SSSR count). The van der Waals surface area contributed by atoms with Crippen LogP contribution in [0.4, 0.5) is 0 Å². The van der Waals surface area contributed by atoms with Crippen LogP contribution < -0.4 is 0 Å². The van der Waals surface area contributed by atoms with Gasteiger partial charge in [-0.1, -0.05) is 18.2 Å². The maximum Gasteiger partial charge on any atom is 0.338 e. The summed E-state index contributed by atoms with van der Waals surface area (Å²) in [6, 6.07) is 8.18. The fourth-order valence-corrected chi connectivity index (χ4v) is 1.34. The Morgan fingerprint density at radius 2 is 1.71 bits per heavy atom. The van der Waals surface area contributed by atoms with Gasteiger partial charge in [-0.15, -0.1) is 0 Å². The highest BCUT2D eigenvalue weighted by Gasteiger charge is 2.12. The van der Waals surface area contributed by atoms with Crippen molar-refractivity contribution in [2.75, 3.05) is 13.7 Å². The standard InChI is InChI=1S/C15H14O6/c1-20-14(18)8-7-12(16)9-13(17)10-21-15(19)11-5-3-2-4-6-11/h2-8H,9-10H2,1H3. The van der Waals surface area contributed by atoms with E-state index in [0.29, 0.717) is 5.56 Å². The second kappa shape index (κ2) is 8.42. The van der Waals surface area contributed by atoms with Crippen molar-refractivity contribution in [1.29, 1.82) is 0 Å². The van der Waals surface area contributed by atoms with Crippen LogP contribution in [0.2, 0.25) is 0 Å². The van der Waals surface area contributed by atoms with Crippen molar-refractivity contribution in [3.05, 3.63) is 48.0 Å². The molecule has 0 aromatic heterocycles. The minimum atomic E-state index is -0.689. The quantitative estimate of drug-likeness (QED) is 0.424. The molecule has 21 heavy (non-hydrogen) atoms. The lowest BCUT2D eigenvalue weighted by molar-refractivity contribution is -0.135. The predicted octanol–water partition coefficient (Wildman–Crippen LogP) is 1.10. The third kappa shape index (κ3) is 6.29. The van der Waals surface area contributed by atoms with Crippen LogP contribution in [-0.4, -0.2) is 37.2 Å². The van der Waals surface area contributed by atoms with Crippen LogP contribution in [0.5, 0.6) is 0 Å². The second-order valence-corrected chi connectivity index (χ2v) is 3.98. The minimum Gasteiger partial charge on any atom is -0.466 e. The fourth-order valence-electron chi connectivity index (χ4n) is 1.34. The summed E-state index contributed by atoms with van der Waals surface area (Å²) < 4.78 is 9.08. The number of esters is 2. The molecule has 0 saturated carbocycles. The average molecular weight is 290 g/mol. The molecule has 1 aromatic carbocycles. The van der Waals surface area contributed by atoms with E-state index in [0.717, 1.165) is 12.2 Å². The van der Waals surface area contributed by atoms with E-state index in [-0.39, 0.29) is 0 Å². The fraction of sp³-hybridized carbons (Fsp3) is 0.200. The summed E-state index contributed by atoms with van der Waals surface area (Å²) >= 11 is 0. The van der Waals surface area contributed by atoms with Gasteiger partial charge in [-0.2, -0.15) is 0 Å². The Morgan fingerprint density at radius 1 is 1.05 bits per heavy atom. The first-order valence-electron chi connectivity index (χ1n) is 6.05. The van der Waals surface area contributed by atoms with Crippen molar-refractivity contribution in [3.8, 4) is 0 Å². The summed E-state index contributed by atoms with van der Waals surface area (Å²) in [5.41, 5.74) is 0.321. The summed E-state index contributed by atoms with van der Waals surface area (Å²) in [7, 11) is 1.17. The van der Waals surface area contributed by atoms with Gasteiger partial charge in [-0.3, -0.25) is 9.59 Å². The number of Topliss-reactive ketones (excluding diaryl/α,β-unsaturated/α-hetero) is 1. The molecule has 0 radical (unpaired) electrons. The Balaban J connectivity index is 2.38. The van der Waals surface area contributed by atoms with E-state index in [1.54, 1.807) is 30.3 Å². The smallest absolute Gasteiger partial charge is 0.338 e. The number of ether oxygens (including phenoxy) is 2. The summed E-state index contributed by atoms with van der Waals surface area (Å²) in [4.78, 5) is 45.1. The Labute approximate surface area is 121 Å². The van der Waals surface area contributed by atoms with Crippen LogP contribution in [0.25, 0.3) is 0 Å². The summed E-state index contributed by atoms with van der Waals surface area (Å²) in [6.45, 7) is -0.495. The molecule has 0 atom stereocenters. The van der Waals surface area contributed by atoms with E-state index < -0.39 is 36.5 Å². The molecule has 0 fully saturated rings. The van der Waals surface area contributed by atoms with Crippen molar-refractivity contribution in [2.24, 2.45) is 0 Å². The zero-order chi connectivity index (χ0) is 15.7. The van der Waals surface area contributed by atoms with Crippen molar-refractivity contribution >= 4 is 23.5 Å². The van der Waals surface area contributed by atoms with Gasteiger partial charge in [0.2, 0.25) is 0 Å². The molecule has 6 heteroatoms. The average Bonchev–Trinajstić information content (AvgIpc) is 2.51. The van der Waals surface area contributed by atoms with Crippen LogP contribution in [0.15, 0.2) is 42.5 Å². The molecule has 0 N–H and O–H groups in total. The number of rotatable bonds is 7. The SMILES string of the molecule is COC(=O)C=CC(=O)CC(=O)COC(=O)c1ccccc1. The van der Waals surface area contributed by atoms with Gasteiger partial charge in [0, 0.05) is 6.08 Å². The van der Waals surface area contributed by atoms with Crippen LogP contribution in [0, 0.1) is 0 Å².